The smallest absolute Gasteiger partial charge is 0.128 e. The molecule has 1 aromatic rings. The van der Waals surface area contributed by atoms with Crippen LogP contribution in [0.2, 0.25) is 0 Å². The van der Waals surface area contributed by atoms with E-state index < -0.39 is 0 Å². The highest BCUT2D eigenvalue weighted by Crippen LogP contribution is 2.41. The summed E-state index contributed by atoms with van der Waals surface area (Å²) in [5, 5.41) is 4.73. The van der Waals surface area contributed by atoms with E-state index in [0.29, 0.717) is 16.1 Å². The molecule has 2 rings (SSSR count). The van der Waals surface area contributed by atoms with Gasteiger partial charge in [0.2, 0.25) is 0 Å². The lowest BCUT2D eigenvalue weighted by Crippen LogP contribution is -2.37. The van der Waals surface area contributed by atoms with E-state index in [1.807, 2.05) is 30.4 Å². The lowest BCUT2D eigenvalue weighted by atomic mass is 10.0. The highest BCUT2D eigenvalue weighted by Gasteiger charge is 2.33. The first-order valence-corrected chi connectivity index (χ1v) is 8.97. The van der Waals surface area contributed by atoms with Crippen LogP contribution in [0.1, 0.15) is 32.4 Å². The van der Waals surface area contributed by atoms with Crippen molar-refractivity contribution in [1.29, 1.82) is 0 Å². The van der Waals surface area contributed by atoms with E-state index in [0.717, 1.165) is 12.3 Å². The number of halogens is 2. The maximum absolute atomic E-state index is 14.0. The quantitative estimate of drug-likeness (QED) is 0.892. The minimum atomic E-state index is -0.376. The van der Waals surface area contributed by atoms with Crippen LogP contribution in [0.4, 0.5) is 8.78 Å². The van der Waals surface area contributed by atoms with Gasteiger partial charge in [0.05, 0.1) is 0 Å². The lowest BCUT2D eigenvalue weighted by molar-refractivity contribution is 0.501. The molecule has 0 radical (unpaired) electrons. The number of thioether (sulfide) groups is 2. The minimum Gasteiger partial charge on any atom is -0.309 e. The summed E-state index contributed by atoms with van der Waals surface area (Å²) < 4.78 is 27.5. The van der Waals surface area contributed by atoms with Gasteiger partial charge < -0.3 is 5.32 Å². The van der Waals surface area contributed by atoms with Crippen molar-refractivity contribution < 1.29 is 8.78 Å². The third-order valence-electron chi connectivity index (χ3n) is 3.66. The van der Waals surface area contributed by atoms with Crippen LogP contribution in [-0.4, -0.2) is 28.0 Å². The fourth-order valence-electron chi connectivity index (χ4n) is 2.40. The molecule has 0 saturated carbocycles. The first kappa shape index (κ1) is 16.1. The van der Waals surface area contributed by atoms with Crippen LogP contribution >= 0.6 is 23.5 Å². The normalized spacial score (nSPS) is 28.4. The van der Waals surface area contributed by atoms with E-state index in [1.54, 1.807) is 0 Å². The van der Waals surface area contributed by atoms with Gasteiger partial charge in [-0.3, -0.25) is 0 Å². The van der Waals surface area contributed by atoms with Gasteiger partial charge in [-0.25, -0.2) is 8.78 Å². The summed E-state index contributed by atoms with van der Waals surface area (Å²) in [7, 11) is 0. The minimum absolute atomic E-state index is 0.136. The molecule has 1 nitrogen and oxygen atoms in total. The van der Waals surface area contributed by atoms with Crippen molar-refractivity contribution in [2.45, 2.75) is 42.6 Å². The molecule has 0 aromatic heterocycles. The van der Waals surface area contributed by atoms with Crippen molar-refractivity contribution in [3.8, 4) is 0 Å². The number of benzene rings is 1. The van der Waals surface area contributed by atoms with E-state index in [-0.39, 0.29) is 22.9 Å². The standard InChI is InChI=1S/C15H21F2NS2/c1-4-18-15(12-7-11(16)5-6-13(12)17)14-8-19-9(2)10(3)20-14/h5-7,9-10,14-15,18H,4,8H2,1-3H3. The zero-order chi connectivity index (χ0) is 14.7. The summed E-state index contributed by atoms with van der Waals surface area (Å²) in [6, 6.07) is 3.59. The van der Waals surface area contributed by atoms with Crippen LogP contribution in [0.5, 0.6) is 0 Å². The largest absolute Gasteiger partial charge is 0.309 e. The third-order valence-corrected chi connectivity index (χ3v) is 7.16. The first-order valence-electron chi connectivity index (χ1n) is 6.98. The molecule has 0 aliphatic carbocycles. The molecule has 4 unspecified atom stereocenters. The van der Waals surface area contributed by atoms with Crippen LogP contribution in [0.15, 0.2) is 18.2 Å². The van der Waals surface area contributed by atoms with Gasteiger partial charge in [0.25, 0.3) is 0 Å². The van der Waals surface area contributed by atoms with E-state index in [9.17, 15) is 8.78 Å². The Kier molecular flexibility index (Phi) is 5.75. The topological polar surface area (TPSA) is 12.0 Å². The van der Waals surface area contributed by atoms with Crippen LogP contribution in [0.3, 0.4) is 0 Å². The van der Waals surface area contributed by atoms with Crippen molar-refractivity contribution in [2.24, 2.45) is 0 Å². The third kappa shape index (κ3) is 3.68. The van der Waals surface area contributed by atoms with E-state index in [2.05, 4.69) is 19.2 Å². The van der Waals surface area contributed by atoms with Gasteiger partial charge in [-0.2, -0.15) is 23.5 Å². The monoisotopic (exact) mass is 317 g/mol. The molecule has 0 amide bonds. The summed E-state index contributed by atoms with van der Waals surface area (Å²) in [6.07, 6.45) is 0. The molecule has 5 heteroatoms. The van der Waals surface area contributed by atoms with Gasteiger partial charge in [0, 0.05) is 33.1 Å². The Morgan fingerprint density at radius 3 is 2.70 bits per heavy atom. The SMILES string of the molecule is CCNC(c1cc(F)ccc1F)C1CSC(C)C(C)S1. The van der Waals surface area contributed by atoms with Crippen molar-refractivity contribution >= 4 is 23.5 Å². The Labute approximate surface area is 128 Å². The molecule has 1 aromatic carbocycles. The second-order valence-electron chi connectivity index (χ2n) is 5.12. The molecule has 1 aliphatic heterocycles. The van der Waals surface area contributed by atoms with Gasteiger partial charge in [-0.1, -0.05) is 20.8 Å². The summed E-state index contributed by atoms with van der Waals surface area (Å²) in [5.74, 6) is 0.262. The molecule has 1 N–H and O–H groups in total. The van der Waals surface area contributed by atoms with E-state index in [4.69, 9.17) is 0 Å². The number of rotatable bonds is 4. The van der Waals surface area contributed by atoms with Crippen molar-refractivity contribution in [3.05, 3.63) is 35.4 Å². The summed E-state index contributed by atoms with van der Waals surface area (Å²) in [5.41, 5.74) is 0.451. The van der Waals surface area contributed by atoms with Crippen molar-refractivity contribution in [2.75, 3.05) is 12.3 Å². The Hall–Kier alpha value is -0.260. The second-order valence-corrected chi connectivity index (χ2v) is 8.15. The number of nitrogens with one attached hydrogen (secondary N) is 1. The summed E-state index contributed by atoms with van der Waals surface area (Å²) >= 11 is 3.80. The molecule has 1 fully saturated rings. The number of hydrogen-bond donors (Lipinski definition) is 1. The first-order chi connectivity index (χ1) is 9.52. The molecule has 1 saturated heterocycles. The molecule has 1 heterocycles. The molecule has 112 valence electrons. The lowest BCUT2D eigenvalue weighted by Gasteiger charge is -2.36. The molecule has 0 spiro atoms. The maximum atomic E-state index is 14.0. The van der Waals surface area contributed by atoms with Crippen molar-refractivity contribution in [1.82, 2.24) is 5.32 Å². The van der Waals surface area contributed by atoms with Gasteiger partial charge in [0.15, 0.2) is 0 Å². The van der Waals surface area contributed by atoms with Crippen LogP contribution < -0.4 is 5.32 Å². The van der Waals surface area contributed by atoms with E-state index >= 15 is 0 Å². The molecular weight excluding hydrogens is 296 g/mol. The fraction of sp³-hybridized carbons (Fsp3) is 0.600. The summed E-state index contributed by atoms with van der Waals surface area (Å²) in [4.78, 5) is 0. The predicted octanol–water partition coefficient (Wildman–Crippen LogP) is 4.24. The highest BCUT2D eigenvalue weighted by molar-refractivity contribution is 8.07. The maximum Gasteiger partial charge on any atom is 0.128 e. The van der Waals surface area contributed by atoms with Crippen LogP contribution in [0, 0.1) is 11.6 Å². The molecule has 0 bridgehead atoms. The average molecular weight is 317 g/mol. The molecular formula is C15H21F2NS2. The van der Waals surface area contributed by atoms with Gasteiger partial charge in [-0.15, -0.1) is 0 Å². The van der Waals surface area contributed by atoms with Crippen LogP contribution in [0.25, 0.3) is 0 Å². The molecule has 1 aliphatic rings. The van der Waals surface area contributed by atoms with Crippen LogP contribution in [-0.2, 0) is 0 Å². The number of hydrogen-bond acceptors (Lipinski definition) is 3. The van der Waals surface area contributed by atoms with E-state index in [1.165, 1.54) is 18.2 Å². The highest BCUT2D eigenvalue weighted by atomic mass is 32.2. The Balaban J connectivity index is 2.24. The summed E-state index contributed by atoms with van der Waals surface area (Å²) in [6.45, 7) is 7.17. The van der Waals surface area contributed by atoms with Gasteiger partial charge in [-0.05, 0) is 24.7 Å². The molecule has 20 heavy (non-hydrogen) atoms. The molecule has 4 atom stereocenters. The Morgan fingerprint density at radius 2 is 2.05 bits per heavy atom. The average Bonchev–Trinajstić information content (AvgIpc) is 2.42. The predicted molar refractivity (Wildman–Crippen MR) is 85.5 cm³/mol. The second kappa shape index (κ2) is 7.14. The Bertz CT molecular complexity index is 455. The zero-order valence-electron chi connectivity index (χ0n) is 12.0. The van der Waals surface area contributed by atoms with Crippen molar-refractivity contribution in [3.63, 3.8) is 0 Å². The van der Waals surface area contributed by atoms with Gasteiger partial charge in [0.1, 0.15) is 11.6 Å². The Morgan fingerprint density at radius 1 is 1.30 bits per heavy atom. The fourth-order valence-corrected chi connectivity index (χ4v) is 5.50. The zero-order valence-corrected chi connectivity index (χ0v) is 13.7. The van der Waals surface area contributed by atoms with Gasteiger partial charge >= 0.3 is 0 Å².